The summed E-state index contributed by atoms with van der Waals surface area (Å²) in [6.45, 7) is 1.82. The van der Waals surface area contributed by atoms with Crippen LogP contribution in [0.5, 0.6) is 5.75 Å². The van der Waals surface area contributed by atoms with Gasteiger partial charge < -0.3 is 4.74 Å². The first-order valence-electron chi connectivity index (χ1n) is 6.80. The number of aryl methyl sites for hydroxylation is 1. The Morgan fingerprint density at radius 2 is 1.81 bits per heavy atom. The van der Waals surface area contributed by atoms with Gasteiger partial charge in [0, 0.05) is 6.07 Å². The van der Waals surface area contributed by atoms with Crippen molar-refractivity contribution >= 4 is 5.78 Å². The number of Topliss-reactive ketones (excluding diaryl/α,β-unsaturated/α-hetero) is 1. The predicted molar refractivity (Wildman–Crippen MR) is 76.6 cm³/mol. The van der Waals surface area contributed by atoms with Gasteiger partial charge in [-0.3, -0.25) is 4.79 Å². The Balaban J connectivity index is 1.97. The number of carbonyl (C=O) groups excluding carboxylic acids is 1. The maximum absolute atomic E-state index is 13.4. The first-order chi connectivity index (χ1) is 10.1. The van der Waals surface area contributed by atoms with Crippen LogP contribution in [0.4, 0.5) is 8.78 Å². The van der Waals surface area contributed by atoms with Crippen LogP contribution in [0.25, 0.3) is 0 Å². The molecule has 0 atom stereocenters. The molecular weight excluding hydrogens is 274 g/mol. The van der Waals surface area contributed by atoms with Crippen molar-refractivity contribution < 1.29 is 18.3 Å². The molecule has 0 radical (unpaired) electrons. The molecule has 2 aromatic rings. The summed E-state index contributed by atoms with van der Waals surface area (Å²) in [5, 5.41) is 0. The Kier molecular flexibility index (Phi) is 5.04. The highest BCUT2D eigenvalue weighted by Crippen LogP contribution is 2.15. The van der Waals surface area contributed by atoms with Crippen LogP contribution in [0.3, 0.4) is 0 Å². The second-order valence-corrected chi connectivity index (χ2v) is 4.73. The fourth-order valence-corrected chi connectivity index (χ4v) is 1.98. The molecule has 0 fully saturated rings. The van der Waals surface area contributed by atoms with E-state index in [0.29, 0.717) is 11.8 Å². The van der Waals surface area contributed by atoms with Gasteiger partial charge in [0.1, 0.15) is 17.4 Å². The second-order valence-electron chi connectivity index (χ2n) is 4.73. The predicted octanol–water partition coefficient (Wildman–Crippen LogP) is 4.18. The molecule has 0 aliphatic rings. The molecule has 21 heavy (non-hydrogen) atoms. The Bertz CT molecular complexity index is 621. The lowest BCUT2D eigenvalue weighted by Gasteiger charge is -2.07. The second kappa shape index (κ2) is 6.97. The van der Waals surface area contributed by atoms with Crippen molar-refractivity contribution in [1.29, 1.82) is 0 Å². The molecular formula is C17H16F2O2. The quantitative estimate of drug-likeness (QED) is 0.746. The Morgan fingerprint density at radius 3 is 2.43 bits per heavy atom. The summed E-state index contributed by atoms with van der Waals surface area (Å²) >= 11 is 0. The van der Waals surface area contributed by atoms with Gasteiger partial charge in [-0.05, 0) is 36.2 Å². The fraction of sp³-hybridized carbons (Fsp3) is 0.235. The number of ketones is 1. The van der Waals surface area contributed by atoms with Crippen molar-refractivity contribution in [3.63, 3.8) is 0 Å². The first kappa shape index (κ1) is 15.2. The normalized spacial score (nSPS) is 10.4. The summed E-state index contributed by atoms with van der Waals surface area (Å²) < 4.78 is 31.6. The molecule has 0 saturated carbocycles. The van der Waals surface area contributed by atoms with Gasteiger partial charge in [-0.2, -0.15) is 0 Å². The van der Waals surface area contributed by atoms with E-state index in [9.17, 15) is 13.6 Å². The molecule has 0 aliphatic carbocycles. The van der Waals surface area contributed by atoms with Crippen LogP contribution in [0.15, 0.2) is 42.5 Å². The van der Waals surface area contributed by atoms with Gasteiger partial charge in [0.2, 0.25) is 5.78 Å². The molecule has 0 bridgehead atoms. The fourth-order valence-electron chi connectivity index (χ4n) is 1.98. The first-order valence-corrected chi connectivity index (χ1v) is 6.80. The number of rotatable bonds is 6. The molecule has 2 nitrogen and oxygen atoms in total. The maximum atomic E-state index is 13.4. The van der Waals surface area contributed by atoms with Crippen LogP contribution in [0, 0.1) is 11.6 Å². The number of ether oxygens (including phenoxy) is 1. The SMILES string of the molecule is CCCc1ccc(OCC(=O)c2ccc(F)cc2F)cc1. The number of hydrogen-bond acceptors (Lipinski definition) is 2. The van der Waals surface area contributed by atoms with Gasteiger partial charge in [-0.15, -0.1) is 0 Å². The van der Waals surface area contributed by atoms with Crippen LogP contribution in [0.1, 0.15) is 29.3 Å². The summed E-state index contributed by atoms with van der Waals surface area (Å²) in [5.74, 6) is -1.56. The van der Waals surface area contributed by atoms with E-state index in [1.807, 2.05) is 12.1 Å². The molecule has 0 unspecified atom stereocenters. The van der Waals surface area contributed by atoms with E-state index < -0.39 is 17.4 Å². The van der Waals surface area contributed by atoms with Crippen molar-refractivity contribution in [2.24, 2.45) is 0 Å². The molecule has 4 heteroatoms. The summed E-state index contributed by atoms with van der Waals surface area (Å²) in [7, 11) is 0. The molecule has 0 amide bonds. The zero-order valence-electron chi connectivity index (χ0n) is 11.7. The molecule has 0 saturated heterocycles. The molecule has 2 aromatic carbocycles. The van der Waals surface area contributed by atoms with Crippen LogP contribution in [-0.2, 0) is 6.42 Å². The third-order valence-electron chi connectivity index (χ3n) is 3.06. The van der Waals surface area contributed by atoms with E-state index >= 15 is 0 Å². The van der Waals surface area contributed by atoms with E-state index in [2.05, 4.69) is 6.92 Å². The van der Waals surface area contributed by atoms with Crippen molar-refractivity contribution in [1.82, 2.24) is 0 Å². The third-order valence-corrected chi connectivity index (χ3v) is 3.06. The van der Waals surface area contributed by atoms with Crippen molar-refractivity contribution in [3.8, 4) is 5.75 Å². The highest BCUT2D eigenvalue weighted by atomic mass is 19.1. The minimum absolute atomic E-state index is 0.168. The number of benzene rings is 2. The minimum Gasteiger partial charge on any atom is -0.485 e. The lowest BCUT2D eigenvalue weighted by molar-refractivity contribution is 0.0917. The van der Waals surface area contributed by atoms with E-state index in [1.165, 1.54) is 5.56 Å². The van der Waals surface area contributed by atoms with E-state index in [1.54, 1.807) is 12.1 Å². The standard InChI is InChI=1S/C17H16F2O2/c1-2-3-12-4-7-14(8-5-12)21-11-17(20)15-9-6-13(18)10-16(15)19/h4-10H,2-3,11H2,1H3. The van der Waals surface area contributed by atoms with Crippen LogP contribution in [-0.4, -0.2) is 12.4 Å². The van der Waals surface area contributed by atoms with E-state index in [4.69, 9.17) is 4.74 Å². The molecule has 0 N–H and O–H groups in total. The highest BCUT2D eigenvalue weighted by Gasteiger charge is 2.13. The third kappa shape index (κ3) is 4.12. The van der Waals surface area contributed by atoms with Gasteiger partial charge >= 0.3 is 0 Å². The van der Waals surface area contributed by atoms with Gasteiger partial charge in [0.05, 0.1) is 5.56 Å². The lowest BCUT2D eigenvalue weighted by atomic mass is 10.1. The van der Waals surface area contributed by atoms with Crippen molar-refractivity contribution in [3.05, 3.63) is 65.2 Å². The molecule has 0 aromatic heterocycles. The minimum atomic E-state index is -0.873. The zero-order valence-corrected chi connectivity index (χ0v) is 11.7. The molecule has 110 valence electrons. The largest absolute Gasteiger partial charge is 0.485 e. The van der Waals surface area contributed by atoms with Crippen LogP contribution in [0.2, 0.25) is 0 Å². The molecule has 0 heterocycles. The smallest absolute Gasteiger partial charge is 0.203 e. The Hall–Kier alpha value is -2.23. The topological polar surface area (TPSA) is 26.3 Å². The number of halogens is 2. The lowest BCUT2D eigenvalue weighted by Crippen LogP contribution is -2.13. The molecule has 0 spiro atoms. The van der Waals surface area contributed by atoms with Gasteiger partial charge in [-0.1, -0.05) is 25.5 Å². The summed E-state index contributed by atoms with van der Waals surface area (Å²) in [6, 6.07) is 10.3. The van der Waals surface area contributed by atoms with E-state index in [-0.39, 0.29) is 12.2 Å². The Morgan fingerprint density at radius 1 is 1.10 bits per heavy atom. The molecule has 0 aliphatic heterocycles. The van der Waals surface area contributed by atoms with E-state index in [0.717, 1.165) is 25.0 Å². The summed E-state index contributed by atoms with van der Waals surface area (Å²) in [6.07, 6.45) is 2.04. The highest BCUT2D eigenvalue weighted by molar-refractivity contribution is 5.97. The average molecular weight is 290 g/mol. The van der Waals surface area contributed by atoms with Crippen molar-refractivity contribution in [2.45, 2.75) is 19.8 Å². The van der Waals surface area contributed by atoms with Gasteiger partial charge in [-0.25, -0.2) is 8.78 Å². The summed E-state index contributed by atoms with van der Waals surface area (Å²) in [4.78, 5) is 11.8. The average Bonchev–Trinajstić information content (AvgIpc) is 2.46. The van der Waals surface area contributed by atoms with Gasteiger partial charge in [0.15, 0.2) is 6.61 Å². The monoisotopic (exact) mass is 290 g/mol. The zero-order chi connectivity index (χ0) is 15.2. The van der Waals surface area contributed by atoms with Gasteiger partial charge in [0.25, 0.3) is 0 Å². The van der Waals surface area contributed by atoms with Crippen LogP contribution >= 0.6 is 0 Å². The maximum Gasteiger partial charge on any atom is 0.203 e. The van der Waals surface area contributed by atoms with Crippen LogP contribution < -0.4 is 4.74 Å². The Labute approximate surface area is 122 Å². The summed E-state index contributed by atoms with van der Waals surface area (Å²) in [5.41, 5.74) is 1.03. The number of hydrogen-bond donors (Lipinski definition) is 0. The van der Waals surface area contributed by atoms with Crippen molar-refractivity contribution in [2.75, 3.05) is 6.61 Å². The number of carbonyl (C=O) groups is 1. The molecule has 2 rings (SSSR count).